The lowest BCUT2D eigenvalue weighted by Gasteiger charge is -2.08. The van der Waals surface area contributed by atoms with Crippen molar-refractivity contribution in [3.05, 3.63) is 70.2 Å². The summed E-state index contributed by atoms with van der Waals surface area (Å²) in [6, 6.07) is 16.8. The van der Waals surface area contributed by atoms with Gasteiger partial charge in [0.05, 0.1) is 18.6 Å². The van der Waals surface area contributed by atoms with E-state index in [0.29, 0.717) is 16.6 Å². The molecule has 2 rings (SSSR count). The van der Waals surface area contributed by atoms with Crippen LogP contribution in [0, 0.1) is 0 Å². The number of amides is 2. The molecule has 0 heterocycles. The Morgan fingerprint density at radius 2 is 1.59 bits per heavy atom. The summed E-state index contributed by atoms with van der Waals surface area (Å²) in [6.45, 7) is 0.314. The molecular formula is C20H21BrN2O4. The SMILES string of the molecule is O=C(CCC(=O)OCCCc1ccccc1)NNC(=O)c1ccccc1Br. The zero-order chi connectivity index (χ0) is 19.5. The number of carbonyl (C=O) groups is 3. The molecule has 0 radical (unpaired) electrons. The second-order valence-electron chi connectivity index (χ2n) is 5.79. The highest BCUT2D eigenvalue weighted by Crippen LogP contribution is 2.15. The van der Waals surface area contributed by atoms with E-state index in [-0.39, 0.29) is 12.8 Å². The summed E-state index contributed by atoms with van der Waals surface area (Å²) in [5, 5.41) is 0. The molecule has 0 saturated heterocycles. The van der Waals surface area contributed by atoms with Gasteiger partial charge in [0.1, 0.15) is 0 Å². The minimum absolute atomic E-state index is 0.0396. The van der Waals surface area contributed by atoms with Crippen LogP contribution < -0.4 is 10.9 Å². The lowest BCUT2D eigenvalue weighted by Crippen LogP contribution is -2.41. The second-order valence-corrected chi connectivity index (χ2v) is 6.65. The zero-order valence-corrected chi connectivity index (χ0v) is 16.3. The molecule has 0 bridgehead atoms. The van der Waals surface area contributed by atoms with Crippen molar-refractivity contribution in [1.82, 2.24) is 10.9 Å². The van der Waals surface area contributed by atoms with Crippen molar-refractivity contribution >= 4 is 33.7 Å². The minimum Gasteiger partial charge on any atom is -0.466 e. The smallest absolute Gasteiger partial charge is 0.306 e. The van der Waals surface area contributed by atoms with Gasteiger partial charge in [0.2, 0.25) is 5.91 Å². The van der Waals surface area contributed by atoms with E-state index < -0.39 is 17.8 Å². The fourth-order valence-corrected chi connectivity index (χ4v) is 2.76. The Hall–Kier alpha value is -2.67. The van der Waals surface area contributed by atoms with Crippen LogP contribution in [-0.2, 0) is 20.7 Å². The molecule has 0 spiro atoms. The highest BCUT2D eigenvalue weighted by molar-refractivity contribution is 9.10. The first-order chi connectivity index (χ1) is 13.1. The normalized spacial score (nSPS) is 10.1. The third kappa shape index (κ3) is 7.62. The van der Waals surface area contributed by atoms with Crippen LogP contribution in [0.3, 0.4) is 0 Å². The summed E-state index contributed by atoms with van der Waals surface area (Å²) >= 11 is 3.26. The molecule has 6 nitrogen and oxygen atoms in total. The molecule has 0 aromatic heterocycles. The minimum atomic E-state index is -0.461. The number of esters is 1. The average molecular weight is 433 g/mol. The van der Waals surface area contributed by atoms with Gasteiger partial charge in [0, 0.05) is 10.9 Å². The standard InChI is InChI=1S/C20H21BrN2O4/c21-17-11-5-4-10-16(17)20(26)23-22-18(24)12-13-19(25)27-14-6-9-15-7-2-1-3-8-15/h1-5,7-8,10-11H,6,9,12-14H2,(H,22,24)(H,23,26). The topological polar surface area (TPSA) is 84.5 Å². The van der Waals surface area contributed by atoms with Crippen LogP contribution in [-0.4, -0.2) is 24.4 Å². The molecule has 142 valence electrons. The van der Waals surface area contributed by atoms with Crippen LogP contribution in [0.25, 0.3) is 0 Å². The second kappa shape index (κ2) is 11.1. The number of benzene rings is 2. The summed E-state index contributed by atoms with van der Waals surface area (Å²) in [5.74, 6) is -1.34. The molecule has 0 unspecified atom stereocenters. The fourth-order valence-electron chi connectivity index (χ4n) is 2.30. The van der Waals surface area contributed by atoms with Gasteiger partial charge in [-0.25, -0.2) is 0 Å². The molecule has 0 aliphatic heterocycles. The molecule has 27 heavy (non-hydrogen) atoms. The Balaban J connectivity index is 1.58. The maximum Gasteiger partial charge on any atom is 0.306 e. The lowest BCUT2D eigenvalue weighted by molar-refractivity contribution is -0.145. The number of nitrogens with one attached hydrogen (secondary N) is 2. The molecule has 0 aliphatic carbocycles. The Kier molecular flexibility index (Phi) is 8.51. The molecule has 2 N–H and O–H groups in total. The first-order valence-electron chi connectivity index (χ1n) is 8.59. The van der Waals surface area contributed by atoms with E-state index in [1.54, 1.807) is 24.3 Å². The molecule has 7 heteroatoms. The number of hydrogen-bond acceptors (Lipinski definition) is 4. The third-order valence-electron chi connectivity index (χ3n) is 3.71. The number of halogens is 1. The van der Waals surface area contributed by atoms with Gasteiger partial charge in [0.25, 0.3) is 5.91 Å². The van der Waals surface area contributed by atoms with E-state index in [1.165, 1.54) is 5.56 Å². The molecule has 0 atom stereocenters. The first-order valence-corrected chi connectivity index (χ1v) is 9.39. The maximum atomic E-state index is 12.0. The molecule has 2 aromatic carbocycles. The molecule has 0 aliphatic rings. The van der Waals surface area contributed by atoms with Crippen LogP contribution in [0.4, 0.5) is 0 Å². The van der Waals surface area contributed by atoms with Gasteiger partial charge in [0.15, 0.2) is 0 Å². The predicted molar refractivity (Wildman–Crippen MR) is 105 cm³/mol. The van der Waals surface area contributed by atoms with E-state index in [9.17, 15) is 14.4 Å². The summed E-state index contributed by atoms with van der Waals surface area (Å²) in [5.41, 5.74) is 6.19. The monoisotopic (exact) mass is 432 g/mol. The summed E-state index contributed by atoms with van der Waals surface area (Å²) in [4.78, 5) is 35.4. The van der Waals surface area contributed by atoms with Gasteiger partial charge >= 0.3 is 5.97 Å². The molecule has 2 aromatic rings. The molecule has 0 fully saturated rings. The van der Waals surface area contributed by atoms with Crippen molar-refractivity contribution in [3.8, 4) is 0 Å². The van der Waals surface area contributed by atoms with Gasteiger partial charge in [-0.2, -0.15) is 0 Å². The Bertz CT molecular complexity index is 781. The Morgan fingerprint density at radius 3 is 2.33 bits per heavy atom. The number of rotatable bonds is 8. The van der Waals surface area contributed by atoms with Gasteiger partial charge < -0.3 is 4.74 Å². The van der Waals surface area contributed by atoms with Crippen molar-refractivity contribution in [2.45, 2.75) is 25.7 Å². The molecule has 0 saturated carbocycles. The van der Waals surface area contributed by atoms with Crippen LogP contribution in [0.1, 0.15) is 35.2 Å². The zero-order valence-electron chi connectivity index (χ0n) is 14.7. The van der Waals surface area contributed by atoms with Crippen LogP contribution in [0.5, 0.6) is 0 Å². The summed E-state index contributed by atoms with van der Waals surface area (Å²) < 4.78 is 5.73. The Morgan fingerprint density at radius 1 is 0.889 bits per heavy atom. The van der Waals surface area contributed by atoms with Crippen molar-refractivity contribution < 1.29 is 19.1 Å². The highest BCUT2D eigenvalue weighted by Gasteiger charge is 2.12. The van der Waals surface area contributed by atoms with Gasteiger partial charge in [-0.05, 0) is 46.5 Å². The van der Waals surface area contributed by atoms with E-state index in [1.807, 2.05) is 30.3 Å². The molecular weight excluding hydrogens is 412 g/mol. The van der Waals surface area contributed by atoms with Crippen LogP contribution >= 0.6 is 15.9 Å². The van der Waals surface area contributed by atoms with E-state index in [4.69, 9.17) is 4.74 Å². The van der Waals surface area contributed by atoms with Crippen molar-refractivity contribution in [2.24, 2.45) is 0 Å². The Labute approximate surface area is 166 Å². The summed E-state index contributed by atoms with van der Waals surface area (Å²) in [6.07, 6.45) is 1.45. The van der Waals surface area contributed by atoms with Gasteiger partial charge in [-0.15, -0.1) is 0 Å². The van der Waals surface area contributed by atoms with E-state index in [2.05, 4.69) is 26.8 Å². The first kappa shape index (κ1) is 20.6. The number of hydrogen-bond donors (Lipinski definition) is 2. The van der Waals surface area contributed by atoms with Gasteiger partial charge in [-0.1, -0.05) is 42.5 Å². The van der Waals surface area contributed by atoms with Crippen molar-refractivity contribution in [3.63, 3.8) is 0 Å². The third-order valence-corrected chi connectivity index (χ3v) is 4.40. The van der Waals surface area contributed by atoms with Crippen molar-refractivity contribution in [1.29, 1.82) is 0 Å². The fraction of sp³-hybridized carbons (Fsp3) is 0.250. The van der Waals surface area contributed by atoms with E-state index >= 15 is 0 Å². The largest absolute Gasteiger partial charge is 0.466 e. The summed E-state index contributed by atoms with van der Waals surface area (Å²) in [7, 11) is 0. The number of aryl methyl sites for hydroxylation is 1. The average Bonchev–Trinajstić information content (AvgIpc) is 2.69. The lowest BCUT2D eigenvalue weighted by atomic mass is 10.1. The number of ether oxygens (including phenoxy) is 1. The van der Waals surface area contributed by atoms with Crippen molar-refractivity contribution in [2.75, 3.05) is 6.61 Å². The number of hydrazine groups is 1. The van der Waals surface area contributed by atoms with E-state index in [0.717, 1.165) is 12.8 Å². The van der Waals surface area contributed by atoms with Crippen LogP contribution in [0.2, 0.25) is 0 Å². The number of carbonyl (C=O) groups excluding carboxylic acids is 3. The predicted octanol–water partition coefficient (Wildman–Crippen LogP) is 3.17. The molecule has 2 amide bonds. The van der Waals surface area contributed by atoms with Crippen LogP contribution in [0.15, 0.2) is 59.1 Å². The highest BCUT2D eigenvalue weighted by atomic mass is 79.9. The van der Waals surface area contributed by atoms with Gasteiger partial charge in [-0.3, -0.25) is 25.2 Å². The quantitative estimate of drug-likeness (QED) is 0.381. The maximum absolute atomic E-state index is 12.0.